The number of ether oxygens (including phenoxy) is 2. The number of hydrogen-bond acceptors (Lipinski definition) is 5. The predicted molar refractivity (Wildman–Crippen MR) is 82.2 cm³/mol. The van der Waals surface area contributed by atoms with E-state index in [4.69, 9.17) is 20.9 Å². The van der Waals surface area contributed by atoms with Gasteiger partial charge in [0.2, 0.25) is 0 Å². The Morgan fingerprint density at radius 1 is 1.00 bits per heavy atom. The average molecular weight is 287 g/mol. The summed E-state index contributed by atoms with van der Waals surface area (Å²) in [7, 11) is 3.15. The number of nitrogens with two attached hydrogens (primary N) is 2. The second-order valence-electron chi connectivity index (χ2n) is 4.39. The minimum absolute atomic E-state index is 0.273. The van der Waals surface area contributed by atoms with Gasteiger partial charge in [-0.2, -0.15) is 0 Å². The SMILES string of the molecule is COc1cc(Nc2ccc(N)c(C(N)=O)c2)cc(OC)c1. The van der Waals surface area contributed by atoms with Crippen LogP contribution in [0.4, 0.5) is 17.1 Å². The Labute approximate surface area is 122 Å². The van der Waals surface area contributed by atoms with Gasteiger partial charge in [-0.25, -0.2) is 0 Å². The third kappa shape index (κ3) is 3.36. The van der Waals surface area contributed by atoms with E-state index in [0.29, 0.717) is 22.9 Å². The molecule has 6 nitrogen and oxygen atoms in total. The number of carbonyl (C=O) groups excluding carboxylic acids is 1. The molecule has 2 aromatic carbocycles. The molecule has 0 aliphatic carbocycles. The Hall–Kier alpha value is -2.89. The smallest absolute Gasteiger partial charge is 0.250 e. The fourth-order valence-electron chi connectivity index (χ4n) is 1.89. The van der Waals surface area contributed by atoms with Crippen LogP contribution in [0.5, 0.6) is 11.5 Å². The van der Waals surface area contributed by atoms with E-state index in [1.165, 1.54) is 0 Å². The van der Waals surface area contributed by atoms with Crippen LogP contribution < -0.4 is 26.3 Å². The van der Waals surface area contributed by atoms with Gasteiger partial charge in [-0.3, -0.25) is 4.79 Å². The molecule has 2 aromatic rings. The summed E-state index contributed by atoms with van der Waals surface area (Å²) < 4.78 is 10.4. The molecule has 110 valence electrons. The van der Waals surface area contributed by atoms with Gasteiger partial charge in [0, 0.05) is 35.3 Å². The molecular formula is C15H17N3O3. The standard InChI is InChI=1S/C15H17N3O3/c1-20-11-5-10(6-12(8-11)21-2)18-9-3-4-14(16)13(7-9)15(17)19/h3-8,18H,16H2,1-2H3,(H2,17,19). The largest absolute Gasteiger partial charge is 0.497 e. The summed E-state index contributed by atoms with van der Waals surface area (Å²) in [6, 6.07) is 10.4. The number of amides is 1. The summed E-state index contributed by atoms with van der Waals surface area (Å²) in [5.74, 6) is 0.740. The number of hydrogen-bond donors (Lipinski definition) is 3. The molecule has 0 bridgehead atoms. The summed E-state index contributed by atoms with van der Waals surface area (Å²) in [6.45, 7) is 0. The second-order valence-corrected chi connectivity index (χ2v) is 4.39. The molecule has 0 spiro atoms. The van der Waals surface area contributed by atoms with Gasteiger partial charge < -0.3 is 26.3 Å². The van der Waals surface area contributed by atoms with Crippen LogP contribution in [-0.4, -0.2) is 20.1 Å². The molecule has 0 atom stereocenters. The molecular weight excluding hydrogens is 270 g/mol. The number of benzene rings is 2. The fourth-order valence-corrected chi connectivity index (χ4v) is 1.89. The van der Waals surface area contributed by atoms with Crippen molar-refractivity contribution in [2.75, 3.05) is 25.3 Å². The first kappa shape index (κ1) is 14.5. The number of anilines is 3. The van der Waals surface area contributed by atoms with Crippen molar-refractivity contribution in [3.8, 4) is 11.5 Å². The van der Waals surface area contributed by atoms with E-state index in [0.717, 1.165) is 5.69 Å². The zero-order valence-electron chi connectivity index (χ0n) is 11.8. The Kier molecular flexibility index (Phi) is 4.18. The molecule has 0 aliphatic rings. The first-order valence-corrected chi connectivity index (χ1v) is 6.23. The minimum atomic E-state index is -0.570. The number of primary amides is 1. The third-order valence-corrected chi connectivity index (χ3v) is 2.96. The van der Waals surface area contributed by atoms with Gasteiger partial charge >= 0.3 is 0 Å². The average Bonchev–Trinajstić information content (AvgIpc) is 2.48. The normalized spacial score (nSPS) is 10.0. The van der Waals surface area contributed by atoms with Crippen LogP contribution in [0.3, 0.4) is 0 Å². The molecule has 0 aromatic heterocycles. The van der Waals surface area contributed by atoms with Gasteiger partial charge in [-0.15, -0.1) is 0 Å². The Bertz CT molecular complexity index is 649. The molecule has 0 saturated carbocycles. The lowest BCUT2D eigenvalue weighted by molar-refractivity contribution is 0.100. The molecule has 2 rings (SSSR count). The highest BCUT2D eigenvalue weighted by atomic mass is 16.5. The molecule has 0 unspecified atom stereocenters. The zero-order valence-corrected chi connectivity index (χ0v) is 11.8. The third-order valence-electron chi connectivity index (χ3n) is 2.96. The van der Waals surface area contributed by atoms with Crippen LogP contribution in [-0.2, 0) is 0 Å². The van der Waals surface area contributed by atoms with Crippen LogP contribution in [0.1, 0.15) is 10.4 Å². The summed E-state index contributed by atoms with van der Waals surface area (Å²) in [5.41, 5.74) is 13.0. The summed E-state index contributed by atoms with van der Waals surface area (Å²) >= 11 is 0. The highest BCUT2D eigenvalue weighted by molar-refractivity contribution is 5.99. The maximum atomic E-state index is 11.3. The Morgan fingerprint density at radius 3 is 2.14 bits per heavy atom. The highest BCUT2D eigenvalue weighted by Crippen LogP contribution is 2.29. The van der Waals surface area contributed by atoms with Gasteiger partial charge in [-0.1, -0.05) is 0 Å². The van der Waals surface area contributed by atoms with E-state index in [-0.39, 0.29) is 5.56 Å². The predicted octanol–water partition coefficient (Wildman–Crippen LogP) is 2.13. The van der Waals surface area contributed by atoms with Crippen LogP contribution in [0, 0.1) is 0 Å². The Balaban J connectivity index is 2.33. The minimum Gasteiger partial charge on any atom is -0.497 e. The van der Waals surface area contributed by atoms with Crippen molar-refractivity contribution in [1.29, 1.82) is 0 Å². The second kappa shape index (κ2) is 6.04. The van der Waals surface area contributed by atoms with Crippen molar-refractivity contribution in [2.24, 2.45) is 5.73 Å². The number of carbonyl (C=O) groups is 1. The molecule has 6 heteroatoms. The van der Waals surface area contributed by atoms with Crippen molar-refractivity contribution in [3.63, 3.8) is 0 Å². The molecule has 5 N–H and O–H groups in total. The number of nitrogens with one attached hydrogen (secondary N) is 1. The molecule has 0 radical (unpaired) electrons. The fraction of sp³-hybridized carbons (Fsp3) is 0.133. The molecule has 1 amide bonds. The lowest BCUT2D eigenvalue weighted by Gasteiger charge is -2.12. The van der Waals surface area contributed by atoms with E-state index in [1.54, 1.807) is 38.5 Å². The van der Waals surface area contributed by atoms with Crippen molar-refractivity contribution < 1.29 is 14.3 Å². The topological polar surface area (TPSA) is 99.6 Å². The summed E-state index contributed by atoms with van der Waals surface area (Å²) in [5, 5.41) is 3.15. The summed E-state index contributed by atoms with van der Waals surface area (Å²) in [6.07, 6.45) is 0. The van der Waals surface area contributed by atoms with Crippen molar-refractivity contribution in [3.05, 3.63) is 42.0 Å². The first-order valence-electron chi connectivity index (χ1n) is 6.23. The first-order chi connectivity index (χ1) is 10.0. The number of rotatable bonds is 5. The monoisotopic (exact) mass is 287 g/mol. The molecule has 0 fully saturated rings. The van der Waals surface area contributed by atoms with Gasteiger partial charge in [0.25, 0.3) is 5.91 Å². The van der Waals surface area contributed by atoms with Gasteiger partial charge in [0.15, 0.2) is 0 Å². The molecule has 0 saturated heterocycles. The van der Waals surface area contributed by atoms with Gasteiger partial charge in [0.05, 0.1) is 19.8 Å². The van der Waals surface area contributed by atoms with Crippen molar-refractivity contribution in [1.82, 2.24) is 0 Å². The zero-order chi connectivity index (χ0) is 15.4. The van der Waals surface area contributed by atoms with E-state index < -0.39 is 5.91 Å². The number of methoxy groups -OCH3 is 2. The van der Waals surface area contributed by atoms with E-state index in [2.05, 4.69) is 5.32 Å². The quantitative estimate of drug-likeness (QED) is 0.731. The van der Waals surface area contributed by atoms with E-state index >= 15 is 0 Å². The maximum Gasteiger partial charge on any atom is 0.250 e. The van der Waals surface area contributed by atoms with Crippen molar-refractivity contribution >= 4 is 23.0 Å². The van der Waals surface area contributed by atoms with E-state index in [1.807, 2.05) is 12.1 Å². The van der Waals surface area contributed by atoms with Crippen LogP contribution >= 0.6 is 0 Å². The lowest BCUT2D eigenvalue weighted by Crippen LogP contribution is -2.13. The van der Waals surface area contributed by atoms with E-state index in [9.17, 15) is 4.79 Å². The van der Waals surface area contributed by atoms with Crippen LogP contribution in [0.15, 0.2) is 36.4 Å². The lowest BCUT2D eigenvalue weighted by atomic mass is 10.1. The van der Waals surface area contributed by atoms with Crippen LogP contribution in [0.25, 0.3) is 0 Å². The van der Waals surface area contributed by atoms with Gasteiger partial charge in [0.1, 0.15) is 11.5 Å². The van der Waals surface area contributed by atoms with Crippen LogP contribution in [0.2, 0.25) is 0 Å². The Morgan fingerprint density at radius 2 is 1.62 bits per heavy atom. The highest BCUT2D eigenvalue weighted by Gasteiger charge is 2.08. The summed E-state index contributed by atoms with van der Waals surface area (Å²) in [4.78, 5) is 11.3. The number of nitrogen functional groups attached to an aromatic ring is 1. The van der Waals surface area contributed by atoms with Crippen molar-refractivity contribution in [2.45, 2.75) is 0 Å². The molecule has 21 heavy (non-hydrogen) atoms. The molecule has 0 heterocycles. The maximum absolute atomic E-state index is 11.3. The van der Waals surface area contributed by atoms with Gasteiger partial charge in [-0.05, 0) is 18.2 Å². The molecule has 0 aliphatic heterocycles.